The van der Waals surface area contributed by atoms with E-state index in [4.69, 9.17) is 14.2 Å². The van der Waals surface area contributed by atoms with E-state index in [-0.39, 0.29) is 41.5 Å². The molecule has 0 bridgehead atoms. The summed E-state index contributed by atoms with van der Waals surface area (Å²) in [5.74, 6) is 7.46. The van der Waals surface area contributed by atoms with Crippen molar-refractivity contribution >= 4 is 6.09 Å². The summed E-state index contributed by atoms with van der Waals surface area (Å²) in [4.78, 5) is 15.6. The molecule has 4 aliphatic heterocycles. The normalized spacial score (nSPS) is 48.7. The summed E-state index contributed by atoms with van der Waals surface area (Å²) in [5.41, 5.74) is 11.5. The Morgan fingerprint density at radius 1 is 0.714 bits per heavy atom. The number of carbonyl (C=O) groups is 1. The van der Waals surface area contributed by atoms with Gasteiger partial charge in [-0.2, -0.15) is 0 Å². The Morgan fingerprint density at radius 2 is 1.30 bits per heavy atom. The standard InChI is InChI=1S/C36H49NO3.C27H41NO2/c1-22-13-15-35(5)27(17-22)11-12-29-28-14-16-36(24(3)30(28)19-31(29)35)25(4)33-32(40-36)18-23(2)20-37(33)34(38)39-21-26-9-7-6-8-10-26;1-15-11-24-25(28-14-15)17(3)27(30-24)10-8-20-21-6-5-18-12-19(29)7-9-26(18,4)23(21)13-22(20)16(27)2/h6-11,22-23,25,28-29,31-33H,12-21H2,1-5H3;5,15,17,19-21,23-25,28-29H,6-14H2,1-4H3/t22-,23-,25+,28-,29-,31-,32+,33-,35-,36-;15-,17+,19-,20-,21-,23-,24+,25-,26-,27-/m00/s1. The van der Waals surface area contributed by atoms with Crippen molar-refractivity contribution in [3.63, 3.8) is 0 Å². The molecule has 1 amide bonds. The molecule has 2 spiro atoms. The van der Waals surface area contributed by atoms with Crippen LogP contribution in [0.4, 0.5) is 4.79 Å². The van der Waals surface area contributed by atoms with E-state index in [0.717, 1.165) is 85.8 Å². The second kappa shape index (κ2) is 17.7. The van der Waals surface area contributed by atoms with Gasteiger partial charge in [0.15, 0.2) is 0 Å². The van der Waals surface area contributed by atoms with Gasteiger partial charge >= 0.3 is 6.09 Å². The highest BCUT2D eigenvalue weighted by Crippen LogP contribution is 2.67. The van der Waals surface area contributed by atoms with Crippen LogP contribution in [0.5, 0.6) is 0 Å². The Hall–Kier alpha value is -2.71. The lowest BCUT2D eigenvalue weighted by atomic mass is 9.55. The molecular formula is C63H90N2O5. The van der Waals surface area contributed by atoms with Crippen LogP contribution in [-0.2, 0) is 20.8 Å². The zero-order valence-electron chi connectivity index (χ0n) is 44.7. The first kappa shape index (κ1) is 48.2. The van der Waals surface area contributed by atoms with Crippen LogP contribution in [-0.4, -0.2) is 70.8 Å². The average molecular weight is 955 g/mol. The molecule has 4 saturated carbocycles. The first-order valence-corrected chi connectivity index (χ1v) is 29.1. The number of hydrogen-bond donors (Lipinski definition) is 2. The highest BCUT2D eigenvalue weighted by molar-refractivity contribution is 5.68. The van der Waals surface area contributed by atoms with Crippen LogP contribution in [0.2, 0.25) is 0 Å². The number of hydrogen-bond acceptors (Lipinski definition) is 6. The van der Waals surface area contributed by atoms with E-state index in [1.807, 2.05) is 35.2 Å². The minimum atomic E-state index is -0.241. The molecule has 13 rings (SSSR count). The summed E-state index contributed by atoms with van der Waals surface area (Å²) in [6.07, 6.45) is 24.7. The molecular weight excluding hydrogens is 865 g/mol. The first-order valence-electron chi connectivity index (χ1n) is 29.1. The lowest BCUT2D eigenvalue weighted by Gasteiger charge is -2.49. The molecule has 8 fully saturated rings. The number of nitrogens with one attached hydrogen (secondary N) is 1. The lowest BCUT2D eigenvalue weighted by Crippen LogP contribution is -2.54. The van der Waals surface area contributed by atoms with Gasteiger partial charge in [-0.15, -0.1) is 0 Å². The molecule has 20 atom stereocenters. The smallest absolute Gasteiger partial charge is 0.410 e. The van der Waals surface area contributed by atoms with Crippen LogP contribution in [0.15, 0.2) is 75.9 Å². The Balaban J connectivity index is 0.000000150. The molecule has 4 heterocycles. The van der Waals surface area contributed by atoms with Crippen molar-refractivity contribution in [1.29, 1.82) is 0 Å². The van der Waals surface area contributed by atoms with E-state index >= 15 is 0 Å². The first-order chi connectivity index (χ1) is 33.5. The van der Waals surface area contributed by atoms with Gasteiger partial charge in [-0.1, -0.05) is 113 Å². The van der Waals surface area contributed by atoms with E-state index < -0.39 is 0 Å². The van der Waals surface area contributed by atoms with Crippen molar-refractivity contribution in [3.8, 4) is 0 Å². The van der Waals surface area contributed by atoms with Crippen LogP contribution in [0.3, 0.4) is 0 Å². The average Bonchev–Trinajstić information content (AvgIpc) is 4.08. The van der Waals surface area contributed by atoms with Crippen molar-refractivity contribution in [3.05, 3.63) is 81.5 Å². The number of piperidine rings is 2. The Bertz CT molecular complexity index is 2330. The molecule has 12 aliphatic rings. The van der Waals surface area contributed by atoms with E-state index in [1.165, 1.54) is 82.6 Å². The largest absolute Gasteiger partial charge is 0.445 e. The number of aliphatic hydroxyl groups excluding tert-OH is 1. The monoisotopic (exact) mass is 955 g/mol. The summed E-state index contributed by atoms with van der Waals surface area (Å²) in [7, 11) is 0. The maximum atomic E-state index is 13.5. The second-order valence-corrected chi connectivity index (χ2v) is 27.0. The number of nitrogens with zero attached hydrogens (tertiary/aromatic N) is 1. The molecule has 7 heteroatoms. The lowest BCUT2D eigenvalue weighted by molar-refractivity contribution is -0.0638. The molecule has 4 saturated heterocycles. The van der Waals surface area contributed by atoms with Crippen molar-refractivity contribution in [2.75, 3.05) is 13.1 Å². The van der Waals surface area contributed by atoms with Gasteiger partial charge in [0.1, 0.15) is 6.61 Å². The number of rotatable bonds is 2. The molecule has 1 aromatic carbocycles. The number of benzene rings is 1. The van der Waals surface area contributed by atoms with Crippen molar-refractivity contribution in [2.45, 2.75) is 213 Å². The number of amides is 1. The van der Waals surface area contributed by atoms with Gasteiger partial charge in [0.05, 0.1) is 35.6 Å². The number of carbonyl (C=O) groups excluding carboxylic acids is 1. The van der Waals surface area contributed by atoms with E-state index in [2.05, 4.69) is 79.8 Å². The zero-order valence-corrected chi connectivity index (χ0v) is 44.7. The molecule has 382 valence electrons. The van der Waals surface area contributed by atoms with Crippen LogP contribution < -0.4 is 5.32 Å². The Morgan fingerprint density at radius 3 is 1.96 bits per heavy atom. The predicted molar refractivity (Wildman–Crippen MR) is 279 cm³/mol. The molecule has 2 N–H and O–H groups in total. The van der Waals surface area contributed by atoms with E-state index in [1.54, 1.807) is 27.9 Å². The van der Waals surface area contributed by atoms with Crippen molar-refractivity contribution in [2.24, 2.45) is 75.9 Å². The zero-order chi connectivity index (χ0) is 48.6. The SMILES string of the molecule is CC1=C2C[C@H]3[C@@H](CC=C4C[C@@H](C)CC[C@@]43C)[C@@H]2CC[C@]12O[C@@H]1C[C@H](C)CN(C(=O)OCc3ccccc3)[C@H]1[C@H]2C.CC1=C2C[C@H]3[C@@H](CC=C4C[C@@H](O)CC[C@@]43C)[C@@H]2CC[C@]12O[C@@H]1C[C@H](C)CN[C@H]1[C@H]2C. The van der Waals surface area contributed by atoms with Crippen molar-refractivity contribution < 1.29 is 24.1 Å². The quantitative estimate of drug-likeness (QED) is 0.288. The fourth-order valence-corrected chi connectivity index (χ4v) is 19.6. The van der Waals surface area contributed by atoms with Crippen LogP contribution in [0.1, 0.15) is 171 Å². The molecule has 0 aromatic heterocycles. The number of allylic oxidation sites excluding steroid dienone is 5. The van der Waals surface area contributed by atoms with Crippen LogP contribution in [0.25, 0.3) is 0 Å². The highest BCUT2D eigenvalue weighted by Gasteiger charge is 2.64. The summed E-state index contributed by atoms with van der Waals surface area (Å²) >= 11 is 0. The van der Waals surface area contributed by atoms with Crippen LogP contribution >= 0.6 is 0 Å². The second-order valence-electron chi connectivity index (χ2n) is 27.0. The van der Waals surface area contributed by atoms with E-state index in [0.29, 0.717) is 47.3 Å². The number of likely N-dealkylation sites (tertiary alicyclic amines) is 1. The molecule has 7 nitrogen and oxygen atoms in total. The molecule has 0 unspecified atom stereocenters. The van der Waals surface area contributed by atoms with Gasteiger partial charge in [-0.05, 0) is 204 Å². The third-order valence-corrected chi connectivity index (χ3v) is 23.6. The van der Waals surface area contributed by atoms with Gasteiger partial charge in [-0.3, -0.25) is 0 Å². The van der Waals surface area contributed by atoms with Gasteiger partial charge in [0.2, 0.25) is 0 Å². The fraction of sp³-hybridized carbons (Fsp3) is 0.762. The molecule has 1 aromatic rings. The third kappa shape index (κ3) is 7.37. The molecule has 0 radical (unpaired) electrons. The Kier molecular flexibility index (Phi) is 12.2. The topological polar surface area (TPSA) is 80.3 Å². The summed E-state index contributed by atoms with van der Waals surface area (Å²) < 4.78 is 20.1. The van der Waals surface area contributed by atoms with Gasteiger partial charge in [0, 0.05) is 24.4 Å². The van der Waals surface area contributed by atoms with Crippen molar-refractivity contribution in [1.82, 2.24) is 10.2 Å². The third-order valence-electron chi connectivity index (χ3n) is 23.6. The number of ether oxygens (including phenoxy) is 3. The number of fused-ring (bicyclic) bond motifs is 12. The molecule has 70 heavy (non-hydrogen) atoms. The Labute approximate surface area is 422 Å². The summed E-state index contributed by atoms with van der Waals surface area (Å²) in [6, 6.07) is 10.6. The summed E-state index contributed by atoms with van der Waals surface area (Å²) in [6.45, 7) is 24.1. The van der Waals surface area contributed by atoms with Crippen LogP contribution in [0, 0.1) is 75.9 Å². The predicted octanol–water partition coefficient (Wildman–Crippen LogP) is 13.3. The highest BCUT2D eigenvalue weighted by atomic mass is 16.6. The fourth-order valence-electron chi connectivity index (χ4n) is 19.6. The minimum Gasteiger partial charge on any atom is -0.445 e. The van der Waals surface area contributed by atoms with Gasteiger partial charge in [0.25, 0.3) is 0 Å². The van der Waals surface area contributed by atoms with Gasteiger partial charge < -0.3 is 29.5 Å². The maximum Gasteiger partial charge on any atom is 0.410 e. The van der Waals surface area contributed by atoms with E-state index in [9.17, 15) is 9.90 Å². The minimum absolute atomic E-state index is 0.0222. The summed E-state index contributed by atoms with van der Waals surface area (Å²) in [5, 5.41) is 14.1. The number of aliphatic hydroxyl groups is 1. The maximum absolute atomic E-state index is 13.5. The molecule has 8 aliphatic carbocycles. The van der Waals surface area contributed by atoms with Gasteiger partial charge in [-0.25, -0.2) is 4.79 Å².